The summed E-state index contributed by atoms with van der Waals surface area (Å²) in [4.78, 5) is 24.3. The Morgan fingerprint density at radius 2 is 1.55 bits per heavy atom. The molecule has 0 aliphatic rings. The third-order valence-electron chi connectivity index (χ3n) is 3.04. The average molecular weight is 299 g/mol. The molecule has 0 fully saturated rings. The molecule has 0 radical (unpaired) electrons. The molecule has 0 aliphatic carbocycles. The summed E-state index contributed by atoms with van der Waals surface area (Å²) in [5.41, 5.74) is 1.49. The van der Waals surface area contributed by atoms with Gasteiger partial charge in [-0.25, -0.2) is 4.79 Å². The molecular formula is C17H17NO4. The Labute approximate surface area is 128 Å². The number of rotatable bonds is 6. The Morgan fingerprint density at radius 1 is 0.955 bits per heavy atom. The van der Waals surface area contributed by atoms with Crippen LogP contribution in [0.1, 0.15) is 12.0 Å². The number of nitrogens with zero attached hydrogens (tertiary/aromatic N) is 1. The van der Waals surface area contributed by atoms with Gasteiger partial charge in [0, 0.05) is 12.2 Å². The highest BCUT2D eigenvalue weighted by molar-refractivity contribution is 5.88. The van der Waals surface area contributed by atoms with Crippen LogP contribution in [0.15, 0.2) is 60.7 Å². The molecule has 0 heterocycles. The van der Waals surface area contributed by atoms with E-state index >= 15 is 0 Å². The van der Waals surface area contributed by atoms with Gasteiger partial charge in [0.05, 0.1) is 6.42 Å². The van der Waals surface area contributed by atoms with Crippen molar-refractivity contribution >= 4 is 17.7 Å². The van der Waals surface area contributed by atoms with Crippen LogP contribution in [-0.4, -0.2) is 23.7 Å². The van der Waals surface area contributed by atoms with Gasteiger partial charge < -0.3 is 9.84 Å². The molecule has 1 N–H and O–H groups in total. The highest BCUT2D eigenvalue weighted by Crippen LogP contribution is 2.16. The lowest BCUT2D eigenvalue weighted by Gasteiger charge is -2.21. The van der Waals surface area contributed by atoms with Crippen LogP contribution in [0, 0.1) is 0 Å². The Morgan fingerprint density at radius 3 is 2.14 bits per heavy atom. The van der Waals surface area contributed by atoms with Crippen molar-refractivity contribution < 1.29 is 19.4 Å². The van der Waals surface area contributed by atoms with E-state index in [1.165, 1.54) is 4.90 Å². The van der Waals surface area contributed by atoms with Gasteiger partial charge in [0.15, 0.2) is 0 Å². The number of hydrogen-bond acceptors (Lipinski definition) is 3. The van der Waals surface area contributed by atoms with Gasteiger partial charge in [0.1, 0.15) is 6.61 Å². The zero-order valence-electron chi connectivity index (χ0n) is 12.0. The average Bonchev–Trinajstić information content (AvgIpc) is 2.55. The second-order valence-electron chi connectivity index (χ2n) is 4.67. The minimum Gasteiger partial charge on any atom is -0.481 e. The SMILES string of the molecule is O=C(O)CCN(C(=O)OCc1ccccc1)c1ccccc1. The molecule has 0 aliphatic heterocycles. The molecule has 0 saturated heterocycles. The van der Waals surface area contributed by atoms with Crippen LogP contribution in [0.2, 0.25) is 0 Å². The first kappa shape index (κ1) is 15.6. The molecule has 114 valence electrons. The molecule has 0 spiro atoms. The molecule has 2 rings (SSSR count). The molecule has 1 amide bonds. The van der Waals surface area contributed by atoms with E-state index in [1.54, 1.807) is 24.3 Å². The van der Waals surface area contributed by atoms with Gasteiger partial charge >= 0.3 is 12.1 Å². The second-order valence-corrected chi connectivity index (χ2v) is 4.67. The number of hydrogen-bond donors (Lipinski definition) is 1. The van der Waals surface area contributed by atoms with Gasteiger partial charge in [-0.15, -0.1) is 0 Å². The van der Waals surface area contributed by atoms with Gasteiger partial charge in [0.25, 0.3) is 0 Å². The van der Waals surface area contributed by atoms with Crippen molar-refractivity contribution in [1.29, 1.82) is 0 Å². The lowest BCUT2D eigenvalue weighted by Crippen LogP contribution is -2.33. The summed E-state index contributed by atoms with van der Waals surface area (Å²) in [5.74, 6) is -0.961. The molecule has 0 saturated carbocycles. The lowest BCUT2D eigenvalue weighted by atomic mass is 10.2. The van der Waals surface area contributed by atoms with E-state index in [1.807, 2.05) is 36.4 Å². The maximum atomic E-state index is 12.2. The predicted octanol–water partition coefficient (Wildman–Crippen LogP) is 3.30. The standard InChI is InChI=1S/C17H17NO4/c19-16(20)11-12-18(15-9-5-2-6-10-15)17(21)22-13-14-7-3-1-4-8-14/h1-10H,11-13H2,(H,19,20). The molecule has 0 aromatic heterocycles. The molecule has 5 heteroatoms. The topological polar surface area (TPSA) is 66.8 Å². The summed E-state index contributed by atoms with van der Waals surface area (Å²) in [5, 5.41) is 8.82. The van der Waals surface area contributed by atoms with Crippen LogP contribution in [0.25, 0.3) is 0 Å². The summed E-state index contributed by atoms with van der Waals surface area (Å²) >= 11 is 0. The van der Waals surface area contributed by atoms with Crippen molar-refractivity contribution in [3.05, 3.63) is 66.2 Å². The number of carboxylic acids is 1. The number of benzene rings is 2. The van der Waals surface area contributed by atoms with E-state index in [0.29, 0.717) is 5.69 Å². The smallest absolute Gasteiger partial charge is 0.414 e. The molecule has 22 heavy (non-hydrogen) atoms. The first-order chi connectivity index (χ1) is 10.7. The third kappa shape index (κ3) is 4.63. The normalized spacial score (nSPS) is 10.0. The van der Waals surface area contributed by atoms with Crippen molar-refractivity contribution in [2.24, 2.45) is 0 Å². The first-order valence-corrected chi connectivity index (χ1v) is 6.92. The zero-order chi connectivity index (χ0) is 15.8. The van der Waals surface area contributed by atoms with Crippen LogP contribution in [-0.2, 0) is 16.1 Å². The number of amides is 1. The quantitative estimate of drug-likeness (QED) is 0.888. The summed E-state index contributed by atoms with van der Waals surface area (Å²) in [6.45, 7) is 0.211. The third-order valence-corrected chi connectivity index (χ3v) is 3.04. The Kier molecular flexibility index (Phi) is 5.54. The number of carbonyl (C=O) groups excluding carboxylic acids is 1. The van der Waals surface area contributed by atoms with Gasteiger partial charge in [0.2, 0.25) is 0 Å². The van der Waals surface area contributed by atoms with E-state index in [9.17, 15) is 9.59 Å². The molecular weight excluding hydrogens is 282 g/mol. The fourth-order valence-electron chi connectivity index (χ4n) is 1.94. The maximum absolute atomic E-state index is 12.2. The van der Waals surface area contributed by atoms with Crippen LogP contribution < -0.4 is 4.90 Å². The molecule has 2 aromatic carbocycles. The second kappa shape index (κ2) is 7.83. The molecule has 0 bridgehead atoms. The van der Waals surface area contributed by atoms with Crippen LogP contribution >= 0.6 is 0 Å². The predicted molar refractivity (Wildman–Crippen MR) is 82.7 cm³/mol. The number of anilines is 1. The maximum Gasteiger partial charge on any atom is 0.414 e. The Bertz CT molecular complexity index is 613. The summed E-state index contributed by atoms with van der Waals surface area (Å²) in [6, 6.07) is 18.2. The van der Waals surface area contributed by atoms with Crippen LogP contribution in [0.4, 0.5) is 10.5 Å². The number of carbonyl (C=O) groups is 2. The van der Waals surface area contributed by atoms with Gasteiger partial charge in [-0.1, -0.05) is 48.5 Å². The van der Waals surface area contributed by atoms with E-state index in [-0.39, 0.29) is 19.6 Å². The molecule has 2 aromatic rings. The Hall–Kier alpha value is -2.82. The summed E-state index contributed by atoms with van der Waals surface area (Å²) in [7, 11) is 0. The number of ether oxygens (including phenoxy) is 1. The van der Waals surface area contributed by atoms with Crippen LogP contribution in [0.3, 0.4) is 0 Å². The fraction of sp³-hybridized carbons (Fsp3) is 0.176. The first-order valence-electron chi connectivity index (χ1n) is 6.92. The van der Waals surface area contributed by atoms with E-state index < -0.39 is 12.1 Å². The van der Waals surface area contributed by atoms with Crippen LogP contribution in [0.5, 0.6) is 0 Å². The zero-order valence-corrected chi connectivity index (χ0v) is 12.0. The lowest BCUT2D eigenvalue weighted by molar-refractivity contribution is -0.136. The Balaban J connectivity index is 2.04. The summed E-state index contributed by atoms with van der Waals surface area (Å²) in [6.07, 6.45) is -0.702. The van der Waals surface area contributed by atoms with E-state index in [4.69, 9.17) is 9.84 Å². The van der Waals surface area contributed by atoms with Crippen molar-refractivity contribution in [3.63, 3.8) is 0 Å². The molecule has 0 atom stereocenters. The minimum absolute atomic E-state index is 0.0625. The highest BCUT2D eigenvalue weighted by Gasteiger charge is 2.18. The minimum atomic E-state index is -0.961. The fourth-order valence-corrected chi connectivity index (χ4v) is 1.94. The van der Waals surface area contributed by atoms with Crippen molar-refractivity contribution in [1.82, 2.24) is 0 Å². The number of aliphatic carboxylic acids is 1. The van der Waals surface area contributed by atoms with Crippen molar-refractivity contribution in [3.8, 4) is 0 Å². The van der Waals surface area contributed by atoms with E-state index in [2.05, 4.69) is 0 Å². The van der Waals surface area contributed by atoms with E-state index in [0.717, 1.165) is 5.56 Å². The van der Waals surface area contributed by atoms with Crippen molar-refractivity contribution in [2.75, 3.05) is 11.4 Å². The number of carboxylic acid groups (broad SMARTS) is 1. The monoisotopic (exact) mass is 299 g/mol. The molecule has 0 unspecified atom stereocenters. The van der Waals surface area contributed by atoms with Gasteiger partial charge in [-0.05, 0) is 17.7 Å². The highest BCUT2D eigenvalue weighted by atomic mass is 16.6. The van der Waals surface area contributed by atoms with Gasteiger partial charge in [-0.3, -0.25) is 9.69 Å². The summed E-state index contributed by atoms with van der Waals surface area (Å²) < 4.78 is 5.27. The number of para-hydroxylation sites is 1. The largest absolute Gasteiger partial charge is 0.481 e. The van der Waals surface area contributed by atoms with Gasteiger partial charge in [-0.2, -0.15) is 0 Å². The van der Waals surface area contributed by atoms with Crippen molar-refractivity contribution in [2.45, 2.75) is 13.0 Å². The molecule has 5 nitrogen and oxygen atoms in total.